The smallest absolute Gasteiger partial charge is 0.417 e. The van der Waals surface area contributed by atoms with Crippen LogP contribution in [0.4, 0.5) is 18.9 Å². The van der Waals surface area contributed by atoms with E-state index in [1.165, 1.54) is 12.1 Å². The number of anilines is 1. The maximum atomic E-state index is 13.2. The van der Waals surface area contributed by atoms with Crippen LogP contribution in [0.2, 0.25) is 5.02 Å². The summed E-state index contributed by atoms with van der Waals surface area (Å²) in [6.07, 6.45) is -2.93. The number of hydrogen-bond acceptors (Lipinski definition) is 2. The largest absolute Gasteiger partial charge is 0.457 e. The number of rotatable bonds is 4. The van der Waals surface area contributed by atoms with Crippen molar-refractivity contribution < 1.29 is 22.4 Å². The maximum Gasteiger partial charge on any atom is 0.417 e. The zero-order valence-electron chi connectivity index (χ0n) is 16.8. The molecule has 0 aliphatic carbocycles. The minimum atomic E-state index is -4.57. The molecule has 0 bridgehead atoms. The van der Waals surface area contributed by atoms with Crippen LogP contribution >= 0.6 is 11.6 Å². The van der Waals surface area contributed by atoms with Crippen LogP contribution in [0.15, 0.2) is 59.0 Å². The number of carbonyl (C=O) groups excluding carboxylic acids is 1. The zero-order chi connectivity index (χ0) is 22.3. The van der Waals surface area contributed by atoms with Crippen molar-refractivity contribution >= 4 is 34.8 Å². The number of nitrogens with zero attached hydrogens (tertiary/aromatic N) is 1. The Morgan fingerprint density at radius 1 is 1.10 bits per heavy atom. The molecule has 3 nitrogen and oxygen atoms in total. The zero-order valence-corrected chi connectivity index (χ0v) is 17.6. The van der Waals surface area contributed by atoms with Crippen LogP contribution in [0.3, 0.4) is 0 Å². The molecular weight excluding hydrogens is 427 g/mol. The van der Waals surface area contributed by atoms with Crippen LogP contribution in [-0.2, 0) is 11.0 Å². The van der Waals surface area contributed by atoms with Gasteiger partial charge in [-0.3, -0.25) is 4.79 Å². The van der Waals surface area contributed by atoms with Gasteiger partial charge in [0.2, 0.25) is 0 Å². The summed E-state index contributed by atoms with van der Waals surface area (Å²) in [5.74, 6) is 0.799. The van der Waals surface area contributed by atoms with Crippen molar-refractivity contribution in [3.8, 4) is 11.3 Å². The van der Waals surface area contributed by atoms with E-state index in [-0.39, 0.29) is 22.3 Å². The van der Waals surface area contributed by atoms with E-state index < -0.39 is 11.7 Å². The fourth-order valence-electron chi connectivity index (χ4n) is 3.62. The lowest BCUT2D eigenvalue weighted by Gasteiger charge is -2.19. The van der Waals surface area contributed by atoms with Crippen molar-refractivity contribution in [2.75, 3.05) is 11.4 Å². The number of fused-ring (bicyclic) bond motifs is 1. The quantitative estimate of drug-likeness (QED) is 0.399. The molecule has 0 fully saturated rings. The Hall–Kier alpha value is -2.99. The minimum Gasteiger partial charge on any atom is -0.457 e. The summed E-state index contributed by atoms with van der Waals surface area (Å²) < 4.78 is 45.3. The lowest BCUT2D eigenvalue weighted by atomic mass is 10.1. The van der Waals surface area contributed by atoms with Crippen molar-refractivity contribution in [2.24, 2.45) is 5.92 Å². The second kappa shape index (κ2) is 7.93. The summed E-state index contributed by atoms with van der Waals surface area (Å²) in [7, 11) is 0. The molecule has 2 heterocycles. The van der Waals surface area contributed by atoms with Gasteiger partial charge in [0.1, 0.15) is 11.5 Å². The van der Waals surface area contributed by atoms with E-state index >= 15 is 0 Å². The van der Waals surface area contributed by atoms with Crippen molar-refractivity contribution in [3.05, 3.63) is 76.5 Å². The predicted octanol–water partition coefficient (Wildman–Crippen LogP) is 7.16. The van der Waals surface area contributed by atoms with Gasteiger partial charge in [-0.2, -0.15) is 13.2 Å². The first kappa shape index (κ1) is 21.2. The molecule has 0 saturated heterocycles. The fourth-order valence-corrected chi connectivity index (χ4v) is 3.84. The second-order valence-corrected chi connectivity index (χ2v) is 8.19. The SMILES string of the molecule is CC(C)CN1C(=O)/C(=C\c2ccc(-c3ccc(Cl)c(C(F)(F)F)c3)o2)c2ccccc21. The van der Waals surface area contributed by atoms with Crippen LogP contribution in [0, 0.1) is 5.92 Å². The average Bonchev–Trinajstić information content (AvgIpc) is 3.27. The summed E-state index contributed by atoms with van der Waals surface area (Å²) >= 11 is 5.70. The molecule has 2 aromatic carbocycles. The van der Waals surface area contributed by atoms with Crippen LogP contribution in [0.5, 0.6) is 0 Å². The highest BCUT2D eigenvalue weighted by atomic mass is 35.5. The molecule has 1 aliphatic heterocycles. The molecule has 0 saturated carbocycles. The monoisotopic (exact) mass is 445 g/mol. The van der Waals surface area contributed by atoms with Gasteiger partial charge in [0.25, 0.3) is 5.91 Å². The Morgan fingerprint density at radius 2 is 1.84 bits per heavy atom. The van der Waals surface area contributed by atoms with Gasteiger partial charge in [-0.15, -0.1) is 0 Å². The molecule has 0 spiro atoms. The lowest BCUT2D eigenvalue weighted by molar-refractivity contribution is -0.137. The number of carbonyl (C=O) groups is 1. The molecule has 31 heavy (non-hydrogen) atoms. The summed E-state index contributed by atoms with van der Waals surface area (Å²) in [5, 5.41) is -0.372. The molecule has 160 valence electrons. The number of furan rings is 1. The van der Waals surface area contributed by atoms with Gasteiger partial charge in [0, 0.05) is 17.7 Å². The van der Waals surface area contributed by atoms with E-state index in [1.54, 1.807) is 23.1 Å². The summed E-state index contributed by atoms with van der Waals surface area (Å²) in [4.78, 5) is 14.8. The molecule has 1 amide bonds. The number of halogens is 4. The molecular formula is C24H19ClF3NO2. The highest BCUT2D eigenvalue weighted by Gasteiger charge is 2.34. The van der Waals surface area contributed by atoms with Crippen molar-refractivity contribution in [1.29, 1.82) is 0 Å². The molecule has 1 aliphatic rings. The second-order valence-electron chi connectivity index (χ2n) is 7.78. The van der Waals surface area contributed by atoms with Gasteiger partial charge in [-0.05, 0) is 48.4 Å². The van der Waals surface area contributed by atoms with Crippen LogP contribution in [-0.4, -0.2) is 12.5 Å². The average molecular weight is 446 g/mol. The standard InChI is InChI=1S/C24H19ClF3NO2/c1-14(2)13-29-21-6-4-3-5-17(21)18(23(29)30)12-16-8-10-22(31-16)15-7-9-20(25)19(11-15)24(26,27)28/h3-12,14H,13H2,1-2H3/b18-12-. The predicted molar refractivity (Wildman–Crippen MR) is 116 cm³/mol. The number of hydrogen-bond donors (Lipinski definition) is 0. The first-order valence-electron chi connectivity index (χ1n) is 9.75. The lowest BCUT2D eigenvalue weighted by Crippen LogP contribution is -2.30. The summed E-state index contributed by atoms with van der Waals surface area (Å²) in [6, 6.07) is 14.3. The van der Waals surface area contributed by atoms with Crippen LogP contribution in [0.1, 0.15) is 30.7 Å². The Balaban J connectivity index is 1.70. The molecule has 0 N–H and O–H groups in total. The highest BCUT2D eigenvalue weighted by Crippen LogP contribution is 2.40. The number of alkyl halides is 3. The van der Waals surface area contributed by atoms with Crippen molar-refractivity contribution in [2.45, 2.75) is 20.0 Å². The van der Waals surface area contributed by atoms with Crippen LogP contribution < -0.4 is 4.90 Å². The third-order valence-electron chi connectivity index (χ3n) is 4.98. The number of amides is 1. The van der Waals surface area contributed by atoms with Gasteiger partial charge in [-0.25, -0.2) is 0 Å². The van der Waals surface area contributed by atoms with Gasteiger partial charge in [0.05, 0.1) is 21.8 Å². The van der Waals surface area contributed by atoms with E-state index in [2.05, 4.69) is 0 Å². The molecule has 1 aromatic heterocycles. The van der Waals surface area contributed by atoms with Gasteiger partial charge >= 0.3 is 6.18 Å². The molecule has 3 aromatic rings. The van der Waals surface area contributed by atoms with Gasteiger partial charge in [0.15, 0.2) is 0 Å². The molecule has 0 radical (unpaired) electrons. The Morgan fingerprint density at radius 3 is 2.55 bits per heavy atom. The minimum absolute atomic E-state index is 0.126. The third-order valence-corrected chi connectivity index (χ3v) is 5.31. The summed E-state index contributed by atoms with van der Waals surface area (Å²) in [6.45, 7) is 4.66. The Labute approximate surface area is 182 Å². The third kappa shape index (κ3) is 4.12. The van der Waals surface area contributed by atoms with E-state index in [0.717, 1.165) is 17.3 Å². The Kier molecular flexibility index (Phi) is 5.43. The van der Waals surface area contributed by atoms with Gasteiger partial charge in [-0.1, -0.05) is 43.6 Å². The highest BCUT2D eigenvalue weighted by molar-refractivity contribution is 6.35. The van der Waals surface area contributed by atoms with E-state index in [4.69, 9.17) is 16.0 Å². The van der Waals surface area contributed by atoms with E-state index in [9.17, 15) is 18.0 Å². The first-order valence-corrected chi connectivity index (χ1v) is 10.1. The maximum absolute atomic E-state index is 13.2. The Bertz CT molecular complexity index is 1180. The molecule has 0 unspecified atom stereocenters. The van der Waals surface area contributed by atoms with Crippen molar-refractivity contribution in [1.82, 2.24) is 0 Å². The summed E-state index contributed by atoms with van der Waals surface area (Å²) in [5.41, 5.74) is 1.46. The number of para-hydroxylation sites is 1. The molecule has 7 heteroatoms. The molecule has 0 atom stereocenters. The van der Waals surface area contributed by atoms with E-state index in [0.29, 0.717) is 23.8 Å². The van der Waals surface area contributed by atoms with Gasteiger partial charge < -0.3 is 9.32 Å². The fraction of sp³-hybridized carbons (Fsp3) is 0.208. The van der Waals surface area contributed by atoms with E-state index in [1.807, 2.05) is 38.1 Å². The first-order chi connectivity index (χ1) is 14.6. The molecule has 4 rings (SSSR count). The topological polar surface area (TPSA) is 33.5 Å². The van der Waals surface area contributed by atoms with Crippen LogP contribution in [0.25, 0.3) is 23.0 Å². The van der Waals surface area contributed by atoms with Crippen molar-refractivity contribution in [3.63, 3.8) is 0 Å². The normalized spacial score (nSPS) is 15.3. The number of benzene rings is 2.